The molecule has 6 heteroatoms. The SMILES string of the molecule is CC(O)CNCCNC(=O)c1ccc(F)c(Br)c1. The molecular formula is C12H16BrFN2O2. The summed E-state index contributed by atoms with van der Waals surface area (Å²) in [7, 11) is 0. The Morgan fingerprint density at radius 2 is 2.22 bits per heavy atom. The Bertz CT molecular complexity index is 413. The van der Waals surface area contributed by atoms with Crippen LogP contribution in [0, 0.1) is 5.82 Å². The first-order chi connectivity index (χ1) is 8.50. The number of halogens is 2. The molecule has 1 rings (SSSR count). The van der Waals surface area contributed by atoms with E-state index in [4.69, 9.17) is 5.11 Å². The topological polar surface area (TPSA) is 61.4 Å². The van der Waals surface area contributed by atoms with Gasteiger partial charge in [0.05, 0.1) is 10.6 Å². The minimum Gasteiger partial charge on any atom is -0.392 e. The van der Waals surface area contributed by atoms with Crippen LogP contribution in [-0.2, 0) is 0 Å². The number of carbonyl (C=O) groups excluding carboxylic acids is 1. The van der Waals surface area contributed by atoms with Gasteiger partial charge in [-0.25, -0.2) is 4.39 Å². The third-order valence-corrected chi connectivity index (χ3v) is 2.82. The average molecular weight is 319 g/mol. The number of benzene rings is 1. The van der Waals surface area contributed by atoms with E-state index < -0.39 is 11.9 Å². The molecule has 4 nitrogen and oxygen atoms in total. The number of hydrogen-bond acceptors (Lipinski definition) is 3. The first-order valence-corrected chi connectivity index (χ1v) is 6.42. The molecule has 0 fully saturated rings. The van der Waals surface area contributed by atoms with Gasteiger partial charge in [-0.2, -0.15) is 0 Å². The Labute approximate surface area is 114 Å². The maximum Gasteiger partial charge on any atom is 0.251 e. The fourth-order valence-corrected chi connectivity index (χ4v) is 1.69. The lowest BCUT2D eigenvalue weighted by Gasteiger charge is -2.08. The van der Waals surface area contributed by atoms with Gasteiger partial charge in [0.2, 0.25) is 0 Å². The summed E-state index contributed by atoms with van der Waals surface area (Å²) < 4.78 is 13.2. The van der Waals surface area contributed by atoms with Gasteiger partial charge in [-0.1, -0.05) is 0 Å². The largest absolute Gasteiger partial charge is 0.392 e. The lowest BCUT2D eigenvalue weighted by molar-refractivity contribution is 0.0953. The minimum absolute atomic E-state index is 0.255. The number of carbonyl (C=O) groups is 1. The molecule has 1 aromatic rings. The van der Waals surface area contributed by atoms with E-state index in [1.54, 1.807) is 6.92 Å². The molecule has 0 saturated carbocycles. The van der Waals surface area contributed by atoms with Crippen LogP contribution in [0.25, 0.3) is 0 Å². The highest BCUT2D eigenvalue weighted by atomic mass is 79.9. The Morgan fingerprint density at radius 3 is 2.83 bits per heavy atom. The molecule has 0 aliphatic heterocycles. The molecule has 0 heterocycles. The van der Waals surface area contributed by atoms with Crippen molar-refractivity contribution < 1.29 is 14.3 Å². The maximum absolute atomic E-state index is 13.0. The van der Waals surface area contributed by atoms with E-state index in [1.807, 2.05) is 0 Å². The fourth-order valence-electron chi connectivity index (χ4n) is 1.31. The van der Waals surface area contributed by atoms with Crippen LogP contribution >= 0.6 is 15.9 Å². The van der Waals surface area contributed by atoms with Gasteiger partial charge in [0.1, 0.15) is 5.82 Å². The van der Waals surface area contributed by atoms with Gasteiger partial charge in [0, 0.05) is 25.2 Å². The second kappa shape index (κ2) is 7.45. The Hall–Kier alpha value is -0.980. The lowest BCUT2D eigenvalue weighted by atomic mass is 10.2. The third-order valence-electron chi connectivity index (χ3n) is 2.21. The lowest BCUT2D eigenvalue weighted by Crippen LogP contribution is -2.34. The standard InChI is InChI=1S/C12H16BrFN2O2/c1-8(17)7-15-4-5-16-12(18)9-2-3-11(14)10(13)6-9/h2-3,6,8,15,17H,4-5,7H2,1H3,(H,16,18). The van der Waals surface area contributed by atoms with Crippen molar-refractivity contribution >= 4 is 21.8 Å². The van der Waals surface area contributed by atoms with Crippen LogP contribution < -0.4 is 10.6 Å². The van der Waals surface area contributed by atoms with Crippen molar-refractivity contribution in [1.29, 1.82) is 0 Å². The van der Waals surface area contributed by atoms with Crippen molar-refractivity contribution in [2.75, 3.05) is 19.6 Å². The molecule has 0 bridgehead atoms. The molecule has 18 heavy (non-hydrogen) atoms. The number of aliphatic hydroxyl groups excluding tert-OH is 1. The zero-order valence-corrected chi connectivity index (χ0v) is 11.6. The predicted molar refractivity (Wildman–Crippen MR) is 71.0 cm³/mol. The second-order valence-electron chi connectivity index (χ2n) is 3.94. The van der Waals surface area contributed by atoms with E-state index in [1.165, 1.54) is 18.2 Å². The van der Waals surface area contributed by atoms with Crippen LogP contribution in [0.15, 0.2) is 22.7 Å². The Balaban J connectivity index is 2.34. The number of aliphatic hydroxyl groups is 1. The molecule has 1 unspecified atom stereocenters. The number of amides is 1. The smallest absolute Gasteiger partial charge is 0.251 e. The van der Waals surface area contributed by atoms with E-state index in [-0.39, 0.29) is 10.4 Å². The second-order valence-corrected chi connectivity index (χ2v) is 4.79. The molecule has 100 valence electrons. The number of rotatable bonds is 6. The summed E-state index contributed by atoms with van der Waals surface area (Å²) in [6.45, 7) is 3.18. The molecule has 3 N–H and O–H groups in total. The molecule has 0 spiro atoms. The van der Waals surface area contributed by atoms with Gasteiger partial charge in [0.15, 0.2) is 0 Å². The van der Waals surface area contributed by atoms with Crippen LogP contribution in [0.3, 0.4) is 0 Å². The summed E-state index contributed by atoms with van der Waals surface area (Å²) in [5.74, 6) is -0.653. The van der Waals surface area contributed by atoms with E-state index in [2.05, 4.69) is 26.6 Å². The third kappa shape index (κ3) is 5.12. The average Bonchev–Trinajstić information content (AvgIpc) is 2.31. The normalized spacial score (nSPS) is 12.2. The molecule has 1 amide bonds. The summed E-state index contributed by atoms with van der Waals surface area (Å²) in [4.78, 5) is 11.7. The zero-order valence-electron chi connectivity index (χ0n) is 10.0. The molecule has 0 aliphatic carbocycles. The monoisotopic (exact) mass is 318 g/mol. The highest BCUT2D eigenvalue weighted by Crippen LogP contribution is 2.16. The molecule has 1 atom stereocenters. The Morgan fingerprint density at radius 1 is 1.50 bits per heavy atom. The van der Waals surface area contributed by atoms with Gasteiger partial charge in [-0.05, 0) is 41.1 Å². The molecule has 1 aromatic carbocycles. The van der Waals surface area contributed by atoms with Crippen molar-refractivity contribution in [3.63, 3.8) is 0 Å². The predicted octanol–water partition coefficient (Wildman–Crippen LogP) is 1.29. The van der Waals surface area contributed by atoms with Crippen LogP contribution in [-0.4, -0.2) is 36.8 Å². The van der Waals surface area contributed by atoms with Gasteiger partial charge < -0.3 is 15.7 Å². The van der Waals surface area contributed by atoms with E-state index in [0.717, 1.165) is 0 Å². The summed E-state index contributed by atoms with van der Waals surface area (Å²) in [5, 5.41) is 14.7. The van der Waals surface area contributed by atoms with Crippen LogP contribution in [0.4, 0.5) is 4.39 Å². The summed E-state index contributed by atoms with van der Waals surface area (Å²) in [6.07, 6.45) is -0.409. The zero-order chi connectivity index (χ0) is 13.5. The molecule has 0 saturated heterocycles. The number of nitrogens with one attached hydrogen (secondary N) is 2. The van der Waals surface area contributed by atoms with Gasteiger partial charge in [-0.15, -0.1) is 0 Å². The molecular weight excluding hydrogens is 303 g/mol. The quantitative estimate of drug-likeness (QED) is 0.693. The van der Waals surface area contributed by atoms with Crippen LogP contribution in [0.2, 0.25) is 0 Å². The van der Waals surface area contributed by atoms with Gasteiger partial charge in [0.25, 0.3) is 5.91 Å². The van der Waals surface area contributed by atoms with Crippen molar-refractivity contribution in [2.45, 2.75) is 13.0 Å². The first kappa shape index (κ1) is 15.1. The van der Waals surface area contributed by atoms with Crippen molar-refractivity contribution in [3.05, 3.63) is 34.1 Å². The molecule has 0 aromatic heterocycles. The van der Waals surface area contributed by atoms with Crippen molar-refractivity contribution in [2.24, 2.45) is 0 Å². The van der Waals surface area contributed by atoms with Crippen LogP contribution in [0.5, 0.6) is 0 Å². The van der Waals surface area contributed by atoms with E-state index in [0.29, 0.717) is 25.2 Å². The first-order valence-electron chi connectivity index (χ1n) is 5.62. The Kier molecular flexibility index (Phi) is 6.24. The summed E-state index contributed by atoms with van der Waals surface area (Å²) >= 11 is 3.03. The van der Waals surface area contributed by atoms with Gasteiger partial charge in [-0.3, -0.25) is 4.79 Å². The minimum atomic E-state index is -0.409. The van der Waals surface area contributed by atoms with Crippen LogP contribution in [0.1, 0.15) is 17.3 Å². The highest BCUT2D eigenvalue weighted by molar-refractivity contribution is 9.10. The molecule has 0 aliphatic rings. The van der Waals surface area contributed by atoms with Crippen molar-refractivity contribution in [3.8, 4) is 0 Å². The van der Waals surface area contributed by atoms with Gasteiger partial charge >= 0.3 is 0 Å². The van der Waals surface area contributed by atoms with Crippen molar-refractivity contribution in [1.82, 2.24) is 10.6 Å². The van der Waals surface area contributed by atoms with E-state index >= 15 is 0 Å². The maximum atomic E-state index is 13.0. The van der Waals surface area contributed by atoms with E-state index in [9.17, 15) is 9.18 Å². The fraction of sp³-hybridized carbons (Fsp3) is 0.417. The summed E-state index contributed by atoms with van der Waals surface area (Å²) in [5.41, 5.74) is 0.402. The highest BCUT2D eigenvalue weighted by Gasteiger charge is 2.07. The summed E-state index contributed by atoms with van der Waals surface area (Å²) in [6, 6.07) is 4.11. The number of hydrogen-bond donors (Lipinski definition) is 3. The molecule has 0 radical (unpaired) electrons.